The summed E-state index contributed by atoms with van der Waals surface area (Å²) in [5.41, 5.74) is 2.14. The van der Waals surface area contributed by atoms with E-state index in [2.05, 4.69) is 27.7 Å². The fourth-order valence-electron chi connectivity index (χ4n) is 0.705. The standard InChI is InChI=1S/C8H9F.2C4H10/c1-6-3-4-8(9)5-7(6)2;2*1-3-4-2/h3-5H,1-2H3;2*3-4H2,1-2H3. The molecule has 0 N–H and O–H groups in total. The van der Waals surface area contributed by atoms with Crippen LogP contribution >= 0.6 is 0 Å². The van der Waals surface area contributed by atoms with E-state index in [4.69, 9.17) is 0 Å². The molecule has 0 nitrogen and oxygen atoms in total. The lowest BCUT2D eigenvalue weighted by molar-refractivity contribution is 0.626. The number of aryl methyl sites for hydroxylation is 2. The molecule has 0 aliphatic heterocycles. The van der Waals surface area contributed by atoms with E-state index in [0.29, 0.717) is 0 Å². The van der Waals surface area contributed by atoms with E-state index < -0.39 is 0 Å². The van der Waals surface area contributed by atoms with Crippen LogP contribution in [0.4, 0.5) is 4.39 Å². The highest BCUT2D eigenvalue weighted by Crippen LogP contribution is 2.07. The SMILES string of the molecule is CCCC.CCCC.Cc1ccc(F)cc1C. The molecule has 0 spiro atoms. The molecule has 1 heteroatoms. The molecule has 0 aromatic heterocycles. The summed E-state index contributed by atoms with van der Waals surface area (Å²) in [6.45, 7) is 12.6. The van der Waals surface area contributed by atoms with E-state index >= 15 is 0 Å². The first-order valence-corrected chi connectivity index (χ1v) is 6.76. The van der Waals surface area contributed by atoms with Crippen molar-refractivity contribution in [2.75, 3.05) is 0 Å². The van der Waals surface area contributed by atoms with Crippen LogP contribution in [0.3, 0.4) is 0 Å². The van der Waals surface area contributed by atoms with Crippen molar-refractivity contribution in [2.24, 2.45) is 0 Å². The number of hydrogen-bond donors (Lipinski definition) is 0. The van der Waals surface area contributed by atoms with Crippen LogP contribution < -0.4 is 0 Å². The van der Waals surface area contributed by atoms with Gasteiger partial charge in [-0.15, -0.1) is 0 Å². The monoisotopic (exact) mass is 240 g/mol. The Kier molecular flexibility index (Phi) is 14.4. The number of unbranched alkanes of at least 4 members (excludes halogenated alkanes) is 2. The summed E-state index contributed by atoms with van der Waals surface area (Å²) in [5.74, 6) is -0.155. The molecule has 0 saturated heterocycles. The largest absolute Gasteiger partial charge is 0.207 e. The Labute approximate surface area is 107 Å². The van der Waals surface area contributed by atoms with Crippen molar-refractivity contribution in [3.8, 4) is 0 Å². The number of halogens is 1. The fraction of sp³-hybridized carbons (Fsp3) is 0.625. The molecule has 100 valence electrons. The molecule has 0 radical (unpaired) electrons. The van der Waals surface area contributed by atoms with Crippen molar-refractivity contribution in [3.05, 3.63) is 35.1 Å². The molecular weight excluding hydrogens is 211 g/mol. The van der Waals surface area contributed by atoms with Crippen LogP contribution in [0.25, 0.3) is 0 Å². The number of hydrogen-bond acceptors (Lipinski definition) is 0. The minimum absolute atomic E-state index is 0.155. The van der Waals surface area contributed by atoms with Gasteiger partial charge in [0.25, 0.3) is 0 Å². The van der Waals surface area contributed by atoms with Gasteiger partial charge in [-0.1, -0.05) is 59.4 Å². The lowest BCUT2D eigenvalue weighted by Gasteiger charge is -1.96. The molecule has 0 heterocycles. The van der Waals surface area contributed by atoms with Crippen LogP contribution in [0.5, 0.6) is 0 Å². The molecule has 0 saturated carbocycles. The highest BCUT2D eigenvalue weighted by Gasteiger charge is 1.91. The second kappa shape index (κ2) is 13.2. The van der Waals surface area contributed by atoms with Gasteiger partial charge in [-0.3, -0.25) is 0 Å². The Morgan fingerprint density at radius 2 is 1.18 bits per heavy atom. The van der Waals surface area contributed by atoms with E-state index in [0.717, 1.165) is 11.1 Å². The third kappa shape index (κ3) is 13.1. The molecule has 0 aliphatic rings. The van der Waals surface area contributed by atoms with Crippen LogP contribution in [0.15, 0.2) is 18.2 Å². The average molecular weight is 240 g/mol. The van der Waals surface area contributed by atoms with Crippen molar-refractivity contribution in [2.45, 2.75) is 67.2 Å². The van der Waals surface area contributed by atoms with Crippen LogP contribution in [0, 0.1) is 19.7 Å². The van der Waals surface area contributed by atoms with Crippen LogP contribution in [-0.2, 0) is 0 Å². The van der Waals surface area contributed by atoms with Gasteiger partial charge in [0.05, 0.1) is 0 Å². The third-order valence-corrected chi connectivity index (χ3v) is 2.47. The highest BCUT2D eigenvalue weighted by atomic mass is 19.1. The molecule has 0 unspecified atom stereocenters. The summed E-state index contributed by atoms with van der Waals surface area (Å²) in [6, 6.07) is 4.79. The summed E-state index contributed by atoms with van der Waals surface area (Å²) < 4.78 is 12.3. The van der Waals surface area contributed by atoms with Crippen molar-refractivity contribution in [1.29, 1.82) is 0 Å². The van der Waals surface area contributed by atoms with Gasteiger partial charge in [-0.2, -0.15) is 0 Å². The zero-order chi connectivity index (χ0) is 13.7. The Bertz CT molecular complexity index is 258. The Morgan fingerprint density at radius 1 is 0.765 bits per heavy atom. The first kappa shape index (κ1) is 18.5. The van der Waals surface area contributed by atoms with Gasteiger partial charge < -0.3 is 0 Å². The van der Waals surface area contributed by atoms with Crippen molar-refractivity contribution >= 4 is 0 Å². The Hall–Kier alpha value is -0.850. The van der Waals surface area contributed by atoms with Gasteiger partial charge in [-0.05, 0) is 37.1 Å². The Morgan fingerprint density at radius 3 is 1.41 bits per heavy atom. The normalized spacial score (nSPS) is 8.65. The molecule has 0 atom stereocenters. The van der Waals surface area contributed by atoms with Gasteiger partial charge in [0.1, 0.15) is 5.82 Å². The van der Waals surface area contributed by atoms with Crippen molar-refractivity contribution in [1.82, 2.24) is 0 Å². The third-order valence-electron chi connectivity index (χ3n) is 2.47. The quantitative estimate of drug-likeness (QED) is 0.590. The Balaban J connectivity index is 0. The predicted molar refractivity (Wildman–Crippen MR) is 77.0 cm³/mol. The van der Waals surface area contributed by atoms with Gasteiger partial charge in [0.15, 0.2) is 0 Å². The molecule has 1 rings (SSSR count). The van der Waals surface area contributed by atoms with Gasteiger partial charge in [0, 0.05) is 0 Å². The van der Waals surface area contributed by atoms with Crippen LogP contribution in [0.2, 0.25) is 0 Å². The lowest BCUT2D eigenvalue weighted by atomic mass is 10.1. The summed E-state index contributed by atoms with van der Waals surface area (Å²) >= 11 is 0. The average Bonchev–Trinajstić information content (AvgIpc) is 2.35. The van der Waals surface area contributed by atoms with Gasteiger partial charge >= 0.3 is 0 Å². The minimum Gasteiger partial charge on any atom is -0.207 e. The van der Waals surface area contributed by atoms with E-state index in [9.17, 15) is 4.39 Å². The van der Waals surface area contributed by atoms with Crippen molar-refractivity contribution < 1.29 is 4.39 Å². The molecule has 0 amide bonds. The summed E-state index contributed by atoms with van der Waals surface area (Å²) in [7, 11) is 0. The maximum absolute atomic E-state index is 12.3. The fourth-order valence-corrected chi connectivity index (χ4v) is 0.705. The second-order valence-electron chi connectivity index (χ2n) is 4.23. The van der Waals surface area contributed by atoms with E-state index in [1.165, 1.54) is 37.8 Å². The van der Waals surface area contributed by atoms with Gasteiger partial charge in [-0.25, -0.2) is 4.39 Å². The van der Waals surface area contributed by atoms with Crippen molar-refractivity contribution in [3.63, 3.8) is 0 Å². The first-order chi connectivity index (χ1) is 8.03. The molecule has 1 aromatic carbocycles. The molecule has 17 heavy (non-hydrogen) atoms. The smallest absolute Gasteiger partial charge is 0.123 e. The molecule has 0 bridgehead atoms. The summed E-state index contributed by atoms with van der Waals surface area (Å²) in [6.07, 6.45) is 5.28. The maximum atomic E-state index is 12.3. The molecular formula is C16H29F. The second-order valence-corrected chi connectivity index (χ2v) is 4.23. The zero-order valence-corrected chi connectivity index (χ0v) is 12.4. The zero-order valence-electron chi connectivity index (χ0n) is 12.4. The molecule has 1 aromatic rings. The topological polar surface area (TPSA) is 0 Å². The van der Waals surface area contributed by atoms with Crippen LogP contribution in [-0.4, -0.2) is 0 Å². The maximum Gasteiger partial charge on any atom is 0.123 e. The van der Waals surface area contributed by atoms with Crippen LogP contribution in [0.1, 0.15) is 64.5 Å². The molecule has 0 aliphatic carbocycles. The number of rotatable bonds is 2. The number of benzene rings is 1. The minimum atomic E-state index is -0.155. The first-order valence-electron chi connectivity index (χ1n) is 6.76. The summed E-state index contributed by atoms with van der Waals surface area (Å²) in [4.78, 5) is 0. The predicted octanol–water partition coefficient (Wildman–Crippen LogP) is 6.06. The van der Waals surface area contributed by atoms with E-state index in [1.54, 1.807) is 6.07 Å². The van der Waals surface area contributed by atoms with E-state index in [-0.39, 0.29) is 5.82 Å². The highest BCUT2D eigenvalue weighted by molar-refractivity contribution is 5.24. The molecule has 0 fully saturated rings. The van der Waals surface area contributed by atoms with E-state index in [1.807, 2.05) is 13.8 Å². The van der Waals surface area contributed by atoms with Gasteiger partial charge in [0.2, 0.25) is 0 Å². The summed E-state index contributed by atoms with van der Waals surface area (Å²) in [5, 5.41) is 0. The lowest BCUT2D eigenvalue weighted by Crippen LogP contribution is -1.80.